The topological polar surface area (TPSA) is 15.8 Å². The quantitative estimate of drug-likeness (QED) is 0.721. The molecule has 2 aromatic rings. The number of rotatable bonds is 2. The molecule has 0 radical (unpaired) electrons. The Hall–Kier alpha value is -1.47. The molecule has 0 amide bonds. The van der Waals surface area contributed by atoms with Gasteiger partial charge in [0.2, 0.25) is 0 Å². The summed E-state index contributed by atoms with van der Waals surface area (Å²) in [5, 5.41) is 1.96. The van der Waals surface area contributed by atoms with Crippen LogP contribution in [-0.4, -0.2) is 4.98 Å². The van der Waals surface area contributed by atoms with Crippen molar-refractivity contribution in [1.82, 2.24) is 4.98 Å². The van der Waals surface area contributed by atoms with Gasteiger partial charge >= 0.3 is 0 Å². The molecule has 0 bridgehead atoms. The molecule has 76 valence electrons. The second kappa shape index (κ2) is 3.95. The van der Waals surface area contributed by atoms with Crippen LogP contribution in [0.2, 0.25) is 5.02 Å². The zero-order valence-corrected chi connectivity index (χ0v) is 9.31. The second-order valence-corrected chi connectivity index (χ2v) is 3.88. The molecule has 2 heteroatoms. The van der Waals surface area contributed by atoms with E-state index in [1.807, 2.05) is 30.4 Å². The van der Waals surface area contributed by atoms with E-state index in [2.05, 4.69) is 18.5 Å². The standard InChI is InChI=1S/C13H12ClN/c1-3-4-5-12-9(2)11-7-6-10(14)8-13(11)15-12/h3-8,15H,1H2,2H3/b5-4-. The summed E-state index contributed by atoms with van der Waals surface area (Å²) in [4.78, 5) is 3.32. The van der Waals surface area contributed by atoms with Crippen LogP contribution in [0.4, 0.5) is 0 Å². The Kier molecular flexibility index (Phi) is 2.65. The van der Waals surface area contributed by atoms with E-state index in [1.165, 1.54) is 10.9 Å². The number of H-pyrrole nitrogens is 1. The predicted molar refractivity (Wildman–Crippen MR) is 67.3 cm³/mol. The smallest absolute Gasteiger partial charge is 0.0476 e. The number of benzene rings is 1. The normalized spacial score (nSPS) is 11.3. The van der Waals surface area contributed by atoms with Gasteiger partial charge in [-0.3, -0.25) is 0 Å². The fourth-order valence-corrected chi connectivity index (χ4v) is 1.83. The summed E-state index contributed by atoms with van der Waals surface area (Å²) < 4.78 is 0. The highest BCUT2D eigenvalue weighted by atomic mass is 35.5. The lowest BCUT2D eigenvalue weighted by molar-refractivity contribution is 1.38. The van der Waals surface area contributed by atoms with Crippen molar-refractivity contribution in [2.45, 2.75) is 6.92 Å². The summed E-state index contributed by atoms with van der Waals surface area (Å²) >= 11 is 5.93. The number of hydrogen-bond donors (Lipinski definition) is 1. The van der Waals surface area contributed by atoms with E-state index in [0.717, 1.165) is 16.2 Å². The Morgan fingerprint density at radius 1 is 1.40 bits per heavy atom. The molecule has 15 heavy (non-hydrogen) atoms. The Labute approximate surface area is 94.1 Å². The van der Waals surface area contributed by atoms with E-state index in [4.69, 9.17) is 11.6 Å². The van der Waals surface area contributed by atoms with Gasteiger partial charge in [0, 0.05) is 21.6 Å². The Morgan fingerprint density at radius 2 is 2.20 bits per heavy atom. The van der Waals surface area contributed by atoms with Crippen LogP contribution >= 0.6 is 11.6 Å². The Balaban J connectivity index is 2.63. The SMILES string of the molecule is C=C/C=C\c1[nH]c2cc(Cl)ccc2c1C. The van der Waals surface area contributed by atoms with Crippen LogP contribution in [0, 0.1) is 6.92 Å². The van der Waals surface area contributed by atoms with Crippen LogP contribution in [0.15, 0.2) is 36.9 Å². The first-order valence-electron chi connectivity index (χ1n) is 4.79. The zero-order chi connectivity index (χ0) is 10.8. The summed E-state index contributed by atoms with van der Waals surface area (Å²) in [5.74, 6) is 0. The molecular weight excluding hydrogens is 206 g/mol. The van der Waals surface area contributed by atoms with Gasteiger partial charge in [-0.2, -0.15) is 0 Å². The summed E-state index contributed by atoms with van der Waals surface area (Å²) in [5.41, 5.74) is 3.41. The number of aryl methyl sites for hydroxylation is 1. The molecule has 0 spiro atoms. The van der Waals surface area contributed by atoms with Crippen LogP contribution in [0.25, 0.3) is 17.0 Å². The third kappa shape index (κ3) is 1.83. The number of nitrogens with one attached hydrogen (secondary N) is 1. The van der Waals surface area contributed by atoms with Crippen LogP contribution in [0.3, 0.4) is 0 Å². The summed E-state index contributed by atoms with van der Waals surface area (Å²) in [6, 6.07) is 5.88. The molecule has 1 heterocycles. The van der Waals surface area contributed by atoms with Crippen molar-refractivity contribution < 1.29 is 0 Å². The summed E-state index contributed by atoms with van der Waals surface area (Å²) in [6.45, 7) is 5.74. The first-order chi connectivity index (χ1) is 7.22. The predicted octanol–water partition coefficient (Wildman–Crippen LogP) is 4.33. The minimum absolute atomic E-state index is 0.753. The lowest BCUT2D eigenvalue weighted by atomic mass is 10.1. The molecule has 0 aliphatic rings. The molecule has 0 saturated heterocycles. The van der Waals surface area contributed by atoms with E-state index >= 15 is 0 Å². The highest BCUT2D eigenvalue weighted by molar-refractivity contribution is 6.31. The molecule has 0 aliphatic heterocycles. The molecule has 0 saturated carbocycles. The third-order valence-corrected chi connectivity index (χ3v) is 2.69. The number of fused-ring (bicyclic) bond motifs is 1. The molecule has 0 atom stereocenters. The third-order valence-electron chi connectivity index (χ3n) is 2.46. The number of hydrogen-bond acceptors (Lipinski definition) is 0. The van der Waals surface area contributed by atoms with Crippen molar-refractivity contribution in [2.75, 3.05) is 0 Å². The van der Waals surface area contributed by atoms with Crippen LogP contribution in [-0.2, 0) is 0 Å². The molecule has 1 N–H and O–H groups in total. The highest BCUT2D eigenvalue weighted by Crippen LogP contribution is 2.25. The maximum atomic E-state index is 5.93. The molecule has 0 unspecified atom stereocenters. The maximum Gasteiger partial charge on any atom is 0.0476 e. The Bertz CT molecular complexity index is 535. The molecular formula is C13H12ClN. The zero-order valence-electron chi connectivity index (χ0n) is 8.55. The number of halogens is 1. The lowest BCUT2D eigenvalue weighted by Crippen LogP contribution is -1.73. The average Bonchev–Trinajstić information content (AvgIpc) is 2.52. The second-order valence-electron chi connectivity index (χ2n) is 3.45. The van der Waals surface area contributed by atoms with Crippen LogP contribution in [0.1, 0.15) is 11.3 Å². The van der Waals surface area contributed by atoms with Gasteiger partial charge in [-0.1, -0.05) is 36.4 Å². The van der Waals surface area contributed by atoms with E-state index in [-0.39, 0.29) is 0 Å². The minimum Gasteiger partial charge on any atom is -0.355 e. The van der Waals surface area contributed by atoms with Crippen molar-refractivity contribution in [2.24, 2.45) is 0 Å². The first-order valence-corrected chi connectivity index (χ1v) is 5.17. The van der Waals surface area contributed by atoms with Gasteiger partial charge < -0.3 is 4.98 Å². The van der Waals surface area contributed by atoms with Gasteiger partial charge in [-0.15, -0.1) is 0 Å². The number of aromatic amines is 1. The molecule has 0 fully saturated rings. The minimum atomic E-state index is 0.753. The van der Waals surface area contributed by atoms with Gasteiger partial charge in [0.1, 0.15) is 0 Å². The van der Waals surface area contributed by atoms with Gasteiger partial charge in [-0.25, -0.2) is 0 Å². The Morgan fingerprint density at radius 3 is 2.93 bits per heavy atom. The summed E-state index contributed by atoms with van der Waals surface area (Å²) in [6.07, 6.45) is 5.69. The van der Waals surface area contributed by atoms with E-state index in [1.54, 1.807) is 6.08 Å². The van der Waals surface area contributed by atoms with E-state index in [9.17, 15) is 0 Å². The van der Waals surface area contributed by atoms with Crippen molar-refractivity contribution in [3.05, 3.63) is 53.2 Å². The van der Waals surface area contributed by atoms with E-state index in [0.29, 0.717) is 0 Å². The average molecular weight is 218 g/mol. The van der Waals surface area contributed by atoms with Crippen molar-refractivity contribution in [3.63, 3.8) is 0 Å². The van der Waals surface area contributed by atoms with Gasteiger partial charge in [-0.05, 0) is 30.7 Å². The largest absolute Gasteiger partial charge is 0.355 e. The lowest BCUT2D eigenvalue weighted by Gasteiger charge is -1.91. The van der Waals surface area contributed by atoms with Gasteiger partial charge in [0.05, 0.1) is 0 Å². The highest BCUT2D eigenvalue weighted by Gasteiger charge is 2.04. The van der Waals surface area contributed by atoms with Crippen molar-refractivity contribution >= 4 is 28.6 Å². The van der Waals surface area contributed by atoms with Crippen LogP contribution < -0.4 is 0 Å². The maximum absolute atomic E-state index is 5.93. The number of allylic oxidation sites excluding steroid dienone is 2. The molecule has 1 aromatic heterocycles. The summed E-state index contributed by atoms with van der Waals surface area (Å²) in [7, 11) is 0. The monoisotopic (exact) mass is 217 g/mol. The van der Waals surface area contributed by atoms with Gasteiger partial charge in [0.15, 0.2) is 0 Å². The molecule has 0 aliphatic carbocycles. The molecule has 1 nitrogen and oxygen atoms in total. The first kappa shape index (κ1) is 10.1. The van der Waals surface area contributed by atoms with E-state index < -0.39 is 0 Å². The van der Waals surface area contributed by atoms with Crippen LogP contribution in [0.5, 0.6) is 0 Å². The fourth-order valence-electron chi connectivity index (χ4n) is 1.66. The fraction of sp³-hybridized carbons (Fsp3) is 0.0769. The number of aromatic nitrogens is 1. The van der Waals surface area contributed by atoms with Crippen molar-refractivity contribution in [3.8, 4) is 0 Å². The van der Waals surface area contributed by atoms with Gasteiger partial charge in [0.25, 0.3) is 0 Å². The molecule has 2 rings (SSSR count). The molecule has 1 aromatic carbocycles. The van der Waals surface area contributed by atoms with Crippen molar-refractivity contribution in [1.29, 1.82) is 0 Å².